The van der Waals surface area contributed by atoms with Crippen molar-refractivity contribution in [2.45, 2.75) is 0 Å². The monoisotopic (exact) mass is 313 g/mol. The molecule has 2 aromatic carbocycles. The molecule has 0 fully saturated rings. The Morgan fingerprint density at radius 2 is 1.61 bits per heavy atom. The molecule has 0 amide bonds. The number of rotatable bonds is 6. The van der Waals surface area contributed by atoms with Crippen molar-refractivity contribution >= 4 is 17.5 Å². The number of nitrogen functional groups attached to an aromatic ring is 1. The van der Waals surface area contributed by atoms with Gasteiger partial charge in [-0.25, -0.2) is 0 Å². The van der Waals surface area contributed by atoms with E-state index >= 15 is 0 Å². The van der Waals surface area contributed by atoms with Gasteiger partial charge in [0.15, 0.2) is 5.78 Å². The molecule has 0 bridgehead atoms. The van der Waals surface area contributed by atoms with Crippen molar-refractivity contribution in [2.24, 2.45) is 0 Å². The van der Waals surface area contributed by atoms with E-state index in [-0.39, 0.29) is 5.78 Å². The van der Waals surface area contributed by atoms with E-state index in [0.29, 0.717) is 28.5 Å². The average molecular weight is 313 g/mol. The quantitative estimate of drug-likeness (QED) is 0.504. The lowest BCUT2D eigenvalue weighted by Gasteiger charge is -2.06. The SMILES string of the molecule is COc1cc(/C=C/C(=O)c2ccc(OC)c(N)c2)cc(OC)c1. The standard InChI is InChI=1S/C18H19NO4/c1-21-14-8-12(9-15(11-14)22-2)4-6-17(20)13-5-7-18(23-3)16(19)10-13/h4-11H,19H2,1-3H3/b6-4+. The first-order chi connectivity index (χ1) is 11.1. The molecule has 5 nitrogen and oxygen atoms in total. The van der Waals surface area contributed by atoms with E-state index < -0.39 is 0 Å². The molecule has 0 aliphatic carbocycles. The number of hydrogen-bond donors (Lipinski definition) is 1. The third kappa shape index (κ3) is 4.03. The molecule has 0 saturated carbocycles. The molecule has 2 rings (SSSR count). The first-order valence-corrected chi connectivity index (χ1v) is 6.96. The maximum Gasteiger partial charge on any atom is 0.185 e. The van der Waals surface area contributed by atoms with Crippen LogP contribution >= 0.6 is 0 Å². The average Bonchev–Trinajstić information content (AvgIpc) is 2.59. The summed E-state index contributed by atoms with van der Waals surface area (Å²) in [5.74, 6) is 1.71. The Morgan fingerprint density at radius 3 is 2.13 bits per heavy atom. The largest absolute Gasteiger partial charge is 0.497 e. The number of ketones is 1. The van der Waals surface area contributed by atoms with Crippen molar-refractivity contribution in [1.29, 1.82) is 0 Å². The number of ether oxygens (including phenoxy) is 3. The molecule has 120 valence electrons. The van der Waals surface area contributed by atoms with E-state index in [9.17, 15) is 4.79 Å². The fourth-order valence-corrected chi connectivity index (χ4v) is 2.08. The zero-order valence-electron chi connectivity index (χ0n) is 13.3. The number of carbonyl (C=O) groups excluding carboxylic acids is 1. The summed E-state index contributed by atoms with van der Waals surface area (Å²) in [5.41, 5.74) is 7.54. The summed E-state index contributed by atoms with van der Waals surface area (Å²) in [5, 5.41) is 0. The van der Waals surface area contributed by atoms with Gasteiger partial charge < -0.3 is 19.9 Å². The third-order valence-electron chi connectivity index (χ3n) is 3.32. The first-order valence-electron chi connectivity index (χ1n) is 6.96. The van der Waals surface area contributed by atoms with Crippen molar-refractivity contribution in [3.05, 3.63) is 53.6 Å². The normalized spacial score (nSPS) is 10.6. The molecule has 0 aliphatic heterocycles. The van der Waals surface area contributed by atoms with Crippen LogP contribution in [0.15, 0.2) is 42.5 Å². The Kier molecular flexibility index (Phi) is 5.25. The minimum atomic E-state index is -0.152. The van der Waals surface area contributed by atoms with Gasteiger partial charge in [0.25, 0.3) is 0 Å². The highest BCUT2D eigenvalue weighted by Gasteiger charge is 2.06. The lowest BCUT2D eigenvalue weighted by atomic mass is 10.1. The fourth-order valence-electron chi connectivity index (χ4n) is 2.08. The van der Waals surface area contributed by atoms with Gasteiger partial charge in [0.1, 0.15) is 17.2 Å². The van der Waals surface area contributed by atoms with Crippen LogP contribution in [-0.2, 0) is 0 Å². The minimum Gasteiger partial charge on any atom is -0.497 e. The minimum absolute atomic E-state index is 0.152. The van der Waals surface area contributed by atoms with Gasteiger partial charge in [0.05, 0.1) is 27.0 Å². The van der Waals surface area contributed by atoms with Crippen LogP contribution < -0.4 is 19.9 Å². The fraction of sp³-hybridized carbons (Fsp3) is 0.167. The molecule has 0 saturated heterocycles. The number of carbonyl (C=O) groups is 1. The lowest BCUT2D eigenvalue weighted by molar-refractivity contribution is 0.104. The molecular weight excluding hydrogens is 294 g/mol. The molecule has 5 heteroatoms. The van der Waals surface area contributed by atoms with Crippen LogP contribution in [0.4, 0.5) is 5.69 Å². The van der Waals surface area contributed by atoms with Gasteiger partial charge >= 0.3 is 0 Å². The smallest absolute Gasteiger partial charge is 0.185 e. The van der Waals surface area contributed by atoms with E-state index in [1.54, 1.807) is 44.6 Å². The molecule has 0 heterocycles. The second-order valence-electron chi connectivity index (χ2n) is 4.80. The summed E-state index contributed by atoms with van der Waals surface area (Å²) >= 11 is 0. The van der Waals surface area contributed by atoms with Crippen molar-refractivity contribution in [2.75, 3.05) is 27.1 Å². The van der Waals surface area contributed by atoms with E-state index in [0.717, 1.165) is 5.56 Å². The maximum atomic E-state index is 12.2. The van der Waals surface area contributed by atoms with Crippen LogP contribution in [0.3, 0.4) is 0 Å². The maximum absolute atomic E-state index is 12.2. The topological polar surface area (TPSA) is 70.8 Å². The Hall–Kier alpha value is -2.95. The molecule has 2 N–H and O–H groups in total. The summed E-state index contributed by atoms with van der Waals surface area (Å²) in [7, 11) is 4.68. The molecule has 2 aromatic rings. The summed E-state index contributed by atoms with van der Waals surface area (Å²) < 4.78 is 15.5. The number of hydrogen-bond acceptors (Lipinski definition) is 5. The molecule has 0 unspecified atom stereocenters. The second-order valence-corrected chi connectivity index (χ2v) is 4.80. The molecular formula is C18H19NO4. The van der Waals surface area contributed by atoms with Crippen molar-refractivity contribution in [3.63, 3.8) is 0 Å². The highest BCUT2D eigenvalue weighted by molar-refractivity contribution is 6.07. The van der Waals surface area contributed by atoms with Crippen molar-refractivity contribution in [3.8, 4) is 17.2 Å². The van der Waals surface area contributed by atoms with Crippen molar-refractivity contribution in [1.82, 2.24) is 0 Å². The second kappa shape index (κ2) is 7.35. The van der Waals surface area contributed by atoms with Gasteiger partial charge in [-0.2, -0.15) is 0 Å². The summed E-state index contributed by atoms with van der Waals surface area (Å²) in [6.45, 7) is 0. The molecule has 0 aromatic heterocycles. The third-order valence-corrected chi connectivity index (χ3v) is 3.32. The molecule has 0 aliphatic rings. The zero-order valence-corrected chi connectivity index (χ0v) is 13.3. The Labute approximate surface area is 135 Å². The molecule has 23 heavy (non-hydrogen) atoms. The predicted octanol–water partition coefficient (Wildman–Crippen LogP) is 3.19. The van der Waals surface area contributed by atoms with E-state index in [4.69, 9.17) is 19.9 Å². The van der Waals surface area contributed by atoms with Gasteiger partial charge in [-0.05, 0) is 42.0 Å². The highest BCUT2D eigenvalue weighted by atomic mass is 16.5. The summed E-state index contributed by atoms with van der Waals surface area (Å²) in [6, 6.07) is 10.3. The van der Waals surface area contributed by atoms with Gasteiger partial charge in [-0.15, -0.1) is 0 Å². The lowest BCUT2D eigenvalue weighted by Crippen LogP contribution is -1.98. The number of nitrogens with two attached hydrogens (primary N) is 1. The predicted molar refractivity (Wildman–Crippen MR) is 90.3 cm³/mol. The first kappa shape index (κ1) is 16.4. The van der Waals surface area contributed by atoms with E-state index in [2.05, 4.69) is 0 Å². The van der Waals surface area contributed by atoms with Gasteiger partial charge in [0.2, 0.25) is 0 Å². The molecule has 0 radical (unpaired) electrons. The van der Waals surface area contributed by atoms with E-state index in [1.807, 2.05) is 12.1 Å². The molecule has 0 spiro atoms. The van der Waals surface area contributed by atoms with Crippen LogP contribution in [-0.4, -0.2) is 27.1 Å². The van der Waals surface area contributed by atoms with Crippen LogP contribution in [0.5, 0.6) is 17.2 Å². The number of benzene rings is 2. The van der Waals surface area contributed by atoms with Gasteiger partial charge in [0, 0.05) is 11.6 Å². The highest BCUT2D eigenvalue weighted by Crippen LogP contribution is 2.24. The summed E-state index contributed by atoms with van der Waals surface area (Å²) in [4.78, 5) is 12.2. The van der Waals surface area contributed by atoms with Crippen LogP contribution in [0.2, 0.25) is 0 Å². The summed E-state index contributed by atoms with van der Waals surface area (Å²) in [6.07, 6.45) is 3.18. The zero-order chi connectivity index (χ0) is 16.8. The van der Waals surface area contributed by atoms with Crippen LogP contribution in [0.1, 0.15) is 15.9 Å². The van der Waals surface area contributed by atoms with Crippen LogP contribution in [0, 0.1) is 0 Å². The molecule has 0 atom stereocenters. The van der Waals surface area contributed by atoms with Gasteiger partial charge in [-0.1, -0.05) is 6.08 Å². The Morgan fingerprint density at radius 1 is 0.957 bits per heavy atom. The Balaban J connectivity index is 2.22. The van der Waals surface area contributed by atoms with Crippen molar-refractivity contribution < 1.29 is 19.0 Å². The number of anilines is 1. The van der Waals surface area contributed by atoms with Crippen LogP contribution in [0.25, 0.3) is 6.08 Å². The Bertz CT molecular complexity index is 716. The van der Waals surface area contributed by atoms with Gasteiger partial charge in [-0.3, -0.25) is 4.79 Å². The van der Waals surface area contributed by atoms with E-state index in [1.165, 1.54) is 13.2 Å². The number of methoxy groups -OCH3 is 3. The number of allylic oxidation sites excluding steroid dienone is 1.